The molecule has 2 heterocycles. The molecule has 0 aliphatic carbocycles. The molecule has 2 N–H and O–H groups in total. The van der Waals surface area contributed by atoms with E-state index in [4.69, 9.17) is 0 Å². The van der Waals surface area contributed by atoms with Crippen LogP contribution in [0, 0.1) is 0 Å². The van der Waals surface area contributed by atoms with Crippen LogP contribution in [-0.4, -0.2) is 11.4 Å². The first-order chi connectivity index (χ1) is 10.0. The van der Waals surface area contributed by atoms with Gasteiger partial charge in [0.1, 0.15) is 0 Å². The summed E-state index contributed by atoms with van der Waals surface area (Å²) in [6.45, 7) is 4.29. The van der Waals surface area contributed by atoms with Crippen LogP contribution in [0.5, 0.6) is 0 Å². The summed E-state index contributed by atoms with van der Waals surface area (Å²) < 4.78 is 0. The minimum atomic E-state index is -0.104. The fraction of sp³-hybridized carbons (Fsp3) is 0.235. The maximum absolute atomic E-state index is 12.2. The Labute approximate surface area is 140 Å². The van der Waals surface area contributed by atoms with E-state index in [0.29, 0.717) is 0 Å². The van der Waals surface area contributed by atoms with Crippen LogP contribution in [0.3, 0.4) is 0 Å². The molecule has 0 bridgehead atoms. The van der Waals surface area contributed by atoms with Crippen LogP contribution in [-0.2, 0) is 11.2 Å². The predicted octanol–water partition coefficient (Wildman–Crippen LogP) is 4.07. The normalized spacial score (nSPS) is 17.1. The van der Waals surface area contributed by atoms with Gasteiger partial charge in [0.05, 0.1) is 5.00 Å². The fourth-order valence-corrected chi connectivity index (χ4v) is 3.26. The highest BCUT2D eigenvalue weighted by Gasteiger charge is 2.27. The zero-order chi connectivity index (χ0) is 14.9. The lowest BCUT2D eigenvalue weighted by Gasteiger charge is -2.35. The molecule has 0 saturated heterocycles. The van der Waals surface area contributed by atoms with Gasteiger partial charge in [-0.25, -0.2) is 0 Å². The molecule has 0 spiro atoms. The Hall–Kier alpha value is -1.78. The molecule has 1 aromatic carbocycles. The molecule has 116 valence electrons. The first kappa shape index (κ1) is 16.6. The number of amides is 1. The van der Waals surface area contributed by atoms with Crippen LogP contribution in [0.15, 0.2) is 47.9 Å². The molecule has 1 aliphatic heterocycles. The smallest absolute Gasteiger partial charge is 0.251 e. The molecule has 3 nitrogen and oxygen atoms in total. The number of rotatable bonds is 2. The van der Waals surface area contributed by atoms with Crippen molar-refractivity contribution in [3.63, 3.8) is 0 Å². The fourth-order valence-electron chi connectivity index (χ4n) is 2.64. The second-order valence-corrected chi connectivity index (χ2v) is 6.82. The zero-order valence-corrected chi connectivity index (χ0v) is 14.2. The van der Waals surface area contributed by atoms with Gasteiger partial charge in [0, 0.05) is 22.9 Å². The molecule has 2 aromatic rings. The molecule has 0 radical (unpaired) electrons. The molecule has 1 amide bonds. The number of hydrogen-bond donors (Lipinski definition) is 2. The van der Waals surface area contributed by atoms with Gasteiger partial charge in [-0.3, -0.25) is 4.79 Å². The summed E-state index contributed by atoms with van der Waals surface area (Å²) in [4.78, 5) is 12.2. The van der Waals surface area contributed by atoms with Crippen molar-refractivity contribution in [2.24, 2.45) is 0 Å². The van der Waals surface area contributed by atoms with Crippen molar-refractivity contribution in [3.8, 4) is 0 Å². The molecule has 3 rings (SSSR count). The van der Waals surface area contributed by atoms with Gasteiger partial charge in [-0.2, -0.15) is 0 Å². The van der Waals surface area contributed by atoms with E-state index in [9.17, 15) is 4.79 Å². The summed E-state index contributed by atoms with van der Waals surface area (Å²) in [5.41, 5.74) is 3.22. The Bertz CT molecular complexity index is 692. The molecule has 1 aromatic heterocycles. The summed E-state index contributed by atoms with van der Waals surface area (Å²) in [6, 6.07) is 12.1. The van der Waals surface area contributed by atoms with Gasteiger partial charge >= 0.3 is 0 Å². The third-order valence-electron chi connectivity index (χ3n) is 3.46. The number of fused-ring (bicyclic) bond motifs is 1. The maximum atomic E-state index is 12.2. The van der Waals surface area contributed by atoms with E-state index >= 15 is 0 Å². The van der Waals surface area contributed by atoms with E-state index in [1.807, 2.05) is 29.6 Å². The standard InChI is InChI=1S/C17H18N2OS.ClH/c1-17(2)11-12-6-3-4-7-13(12)14(19-17)10-15(20)18-16-8-5-9-21-16;/h3-10,19H,11H2,1-2H3,(H,18,20);1H/b14-10+;. The highest BCUT2D eigenvalue weighted by atomic mass is 35.5. The highest BCUT2D eigenvalue weighted by Crippen LogP contribution is 2.29. The van der Waals surface area contributed by atoms with Gasteiger partial charge in [0.2, 0.25) is 0 Å². The summed E-state index contributed by atoms with van der Waals surface area (Å²) >= 11 is 1.52. The first-order valence-electron chi connectivity index (χ1n) is 6.96. The molecular formula is C17H19ClN2OS. The van der Waals surface area contributed by atoms with Gasteiger partial charge in [-0.05, 0) is 43.3 Å². The quantitative estimate of drug-likeness (QED) is 0.813. The SMILES string of the molecule is CC1(C)Cc2ccccc2/C(=C\C(=O)Nc2cccs2)N1.Cl. The van der Waals surface area contributed by atoms with Crippen LogP contribution in [0.25, 0.3) is 5.70 Å². The Morgan fingerprint density at radius 1 is 1.27 bits per heavy atom. The van der Waals surface area contributed by atoms with E-state index < -0.39 is 0 Å². The summed E-state index contributed by atoms with van der Waals surface area (Å²) in [5, 5.41) is 9.16. The summed E-state index contributed by atoms with van der Waals surface area (Å²) in [5.74, 6) is -0.104. The van der Waals surface area contributed by atoms with E-state index in [-0.39, 0.29) is 23.9 Å². The second kappa shape index (κ2) is 6.55. The van der Waals surface area contributed by atoms with Crippen molar-refractivity contribution in [2.75, 3.05) is 5.32 Å². The van der Waals surface area contributed by atoms with Crippen molar-refractivity contribution < 1.29 is 4.79 Å². The second-order valence-electron chi connectivity index (χ2n) is 5.87. The topological polar surface area (TPSA) is 41.1 Å². The number of nitrogens with one attached hydrogen (secondary N) is 2. The number of halogens is 1. The minimum absolute atomic E-state index is 0. The third kappa shape index (κ3) is 3.70. The number of benzene rings is 1. The largest absolute Gasteiger partial charge is 0.379 e. The minimum Gasteiger partial charge on any atom is -0.379 e. The Kier molecular flexibility index (Phi) is 4.94. The molecule has 1 aliphatic rings. The highest BCUT2D eigenvalue weighted by molar-refractivity contribution is 7.14. The lowest BCUT2D eigenvalue weighted by Crippen LogP contribution is -2.44. The van der Waals surface area contributed by atoms with Gasteiger partial charge in [-0.15, -0.1) is 23.7 Å². The van der Waals surface area contributed by atoms with E-state index in [1.165, 1.54) is 16.9 Å². The Morgan fingerprint density at radius 3 is 2.77 bits per heavy atom. The third-order valence-corrected chi connectivity index (χ3v) is 4.24. The van der Waals surface area contributed by atoms with E-state index in [1.54, 1.807) is 6.08 Å². The van der Waals surface area contributed by atoms with Gasteiger partial charge < -0.3 is 10.6 Å². The number of thiophene rings is 1. The van der Waals surface area contributed by atoms with Crippen molar-refractivity contribution >= 4 is 40.3 Å². The van der Waals surface area contributed by atoms with E-state index in [2.05, 4.69) is 36.6 Å². The zero-order valence-electron chi connectivity index (χ0n) is 12.6. The number of anilines is 1. The van der Waals surface area contributed by atoms with Crippen LogP contribution < -0.4 is 10.6 Å². The van der Waals surface area contributed by atoms with Crippen LogP contribution in [0.4, 0.5) is 5.00 Å². The maximum Gasteiger partial charge on any atom is 0.251 e. The Balaban J connectivity index is 0.00000176. The monoisotopic (exact) mass is 334 g/mol. The summed E-state index contributed by atoms with van der Waals surface area (Å²) in [6.07, 6.45) is 2.60. The lowest BCUT2D eigenvalue weighted by atomic mass is 9.86. The lowest BCUT2D eigenvalue weighted by molar-refractivity contribution is -0.111. The molecule has 22 heavy (non-hydrogen) atoms. The molecule has 5 heteroatoms. The Morgan fingerprint density at radius 2 is 2.05 bits per heavy atom. The predicted molar refractivity (Wildman–Crippen MR) is 95.5 cm³/mol. The van der Waals surface area contributed by atoms with Crippen LogP contribution in [0.1, 0.15) is 25.0 Å². The number of hydrogen-bond acceptors (Lipinski definition) is 3. The number of carbonyl (C=O) groups is 1. The van der Waals surface area contributed by atoms with E-state index in [0.717, 1.165) is 22.7 Å². The molecule has 0 atom stereocenters. The molecule has 0 fully saturated rings. The number of carbonyl (C=O) groups excluding carboxylic acids is 1. The van der Waals surface area contributed by atoms with Crippen molar-refractivity contribution in [2.45, 2.75) is 25.8 Å². The average Bonchev–Trinajstić information content (AvgIpc) is 2.90. The van der Waals surface area contributed by atoms with Crippen molar-refractivity contribution in [1.29, 1.82) is 0 Å². The van der Waals surface area contributed by atoms with Crippen molar-refractivity contribution in [1.82, 2.24) is 5.32 Å². The first-order valence-corrected chi connectivity index (χ1v) is 7.84. The summed E-state index contributed by atoms with van der Waals surface area (Å²) in [7, 11) is 0. The van der Waals surface area contributed by atoms with Gasteiger partial charge in [-0.1, -0.05) is 24.3 Å². The van der Waals surface area contributed by atoms with Gasteiger partial charge in [0.15, 0.2) is 0 Å². The van der Waals surface area contributed by atoms with Gasteiger partial charge in [0.25, 0.3) is 5.91 Å². The molecule has 0 unspecified atom stereocenters. The molecular weight excluding hydrogens is 316 g/mol. The van der Waals surface area contributed by atoms with Crippen LogP contribution >= 0.6 is 23.7 Å². The molecule has 0 saturated carbocycles. The van der Waals surface area contributed by atoms with Crippen molar-refractivity contribution in [3.05, 3.63) is 59.0 Å². The van der Waals surface area contributed by atoms with Crippen LogP contribution in [0.2, 0.25) is 0 Å². The average molecular weight is 335 g/mol.